The molecule has 1 aromatic heterocycles. The van der Waals surface area contributed by atoms with E-state index in [-0.39, 0.29) is 24.0 Å². The molecule has 2 fully saturated rings. The standard InChI is InChI=1S/C23H39N5OS.HI/c1-4-19(28-13-5-8-22(28)29)9-12-25-23(24-3)26-17-20(21-7-6-16-30-21)27-14-10-18(2)11-15-27;/h6-7,16,18-20H,4-5,8-15,17H2,1-3H3,(H2,24,25,26);1H. The van der Waals surface area contributed by atoms with Gasteiger partial charge in [0.25, 0.3) is 0 Å². The fourth-order valence-electron chi connectivity index (χ4n) is 4.64. The first-order chi connectivity index (χ1) is 14.6. The molecule has 1 aromatic rings. The van der Waals surface area contributed by atoms with Crippen LogP contribution >= 0.6 is 35.3 Å². The monoisotopic (exact) mass is 561 g/mol. The Bertz CT molecular complexity index is 676. The number of amides is 1. The van der Waals surface area contributed by atoms with Crippen molar-refractivity contribution in [2.75, 3.05) is 39.8 Å². The maximum absolute atomic E-state index is 12.1. The van der Waals surface area contributed by atoms with E-state index in [9.17, 15) is 4.79 Å². The van der Waals surface area contributed by atoms with Crippen molar-refractivity contribution in [2.24, 2.45) is 10.9 Å². The first-order valence-corrected chi connectivity index (χ1v) is 12.5. The number of thiophene rings is 1. The number of guanidine groups is 1. The molecular formula is C23H40IN5OS. The molecule has 6 nitrogen and oxygen atoms in total. The lowest BCUT2D eigenvalue weighted by Crippen LogP contribution is -2.46. The summed E-state index contributed by atoms with van der Waals surface area (Å²) in [6.45, 7) is 9.47. The zero-order chi connectivity index (χ0) is 21.3. The summed E-state index contributed by atoms with van der Waals surface area (Å²) in [6, 6.07) is 5.13. The van der Waals surface area contributed by atoms with E-state index in [2.05, 4.69) is 56.8 Å². The van der Waals surface area contributed by atoms with Gasteiger partial charge in [-0.15, -0.1) is 35.3 Å². The summed E-state index contributed by atoms with van der Waals surface area (Å²) in [5.41, 5.74) is 0. The summed E-state index contributed by atoms with van der Waals surface area (Å²) in [4.78, 5) is 22.6. The number of aliphatic imine (C=N–C) groups is 1. The van der Waals surface area contributed by atoms with Crippen molar-refractivity contribution < 1.29 is 4.79 Å². The third kappa shape index (κ3) is 7.60. The Morgan fingerprint density at radius 3 is 2.65 bits per heavy atom. The van der Waals surface area contributed by atoms with Gasteiger partial charge >= 0.3 is 0 Å². The summed E-state index contributed by atoms with van der Waals surface area (Å²) < 4.78 is 0. The van der Waals surface area contributed by atoms with Gasteiger partial charge in [-0.2, -0.15) is 0 Å². The molecule has 176 valence electrons. The van der Waals surface area contributed by atoms with Gasteiger partial charge in [0.15, 0.2) is 5.96 Å². The fourth-order valence-corrected chi connectivity index (χ4v) is 5.50. The Kier molecular flexibility index (Phi) is 11.6. The molecule has 3 heterocycles. The lowest BCUT2D eigenvalue weighted by atomic mass is 9.97. The molecule has 3 rings (SSSR count). The Labute approximate surface area is 209 Å². The molecule has 2 unspecified atom stereocenters. The van der Waals surface area contributed by atoms with E-state index < -0.39 is 0 Å². The molecule has 2 saturated heterocycles. The van der Waals surface area contributed by atoms with Gasteiger partial charge in [0, 0.05) is 44.0 Å². The number of likely N-dealkylation sites (tertiary alicyclic amines) is 2. The van der Waals surface area contributed by atoms with Crippen LogP contribution in [0.25, 0.3) is 0 Å². The minimum Gasteiger partial charge on any atom is -0.356 e. The van der Waals surface area contributed by atoms with Crippen LogP contribution in [0.2, 0.25) is 0 Å². The zero-order valence-electron chi connectivity index (χ0n) is 19.3. The molecule has 2 aliphatic rings. The summed E-state index contributed by atoms with van der Waals surface area (Å²) in [5, 5.41) is 9.20. The van der Waals surface area contributed by atoms with Crippen molar-refractivity contribution in [2.45, 2.75) is 64.5 Å². The van der Waals surface area contributed by atoms with E-state index in [4.69, 9.17) is 0 Å². The summed E-state index contributed by atoms with van der Waals surface area (Å²) in [5.74, 6) is 2.00. The minimum atomic E-state index is 0. The van der Waals surface area contributed by atoms with Gasteiger partial charge in [-0.1, -0.05) is 19.9 Å². The maximum atomic E-state index is 12.1. The second kappa shape index (κ2) is 13.6. The highest BCUT2D eigenvalue weighted by molar-refractivity contribution is 14.0. The van der Waals surface area contributed by atoms with Crippen LogP contribution in [0.1, 0.15) is 63.3 Å². The zero-order valence-corrected chi connectivity index (χ0v) is 22.5. The van der Waals surface area contributed by atoms with Crippen molar-refractivity contribution >= 4 is 47.2 Å². The van der Waals surface area contributed by atoms with Crippen molar-refractivity contribution in [3.63, 3.8) is 0 Å². The quantitative estimate of drug-likeness (QED) is 0.271. The van der Waals surface area contributed by atoms with Gasteiger partial charge in [0.1, 0.15) is 0 Å². The molecule has 31 heavy (non-hydrogen) atoms. The highest BCUT2D eigenvalue weighted by atomic mass is 127. The molecule has 2 aliphatic heterocycles. The van der Waals surface area contributed by atoms with Gasteiger partial charge in [-0.25, -0.2) is 0 Å². The van der Waals surface area contributed by atoms with Crippen LogP contribution in [-0.2, 0) is 4.79 Å². The first-order valence-electron chi connectivity index (χ1n) is 11.6. The molecule has 2 N–H and O–H groups in total. The summed E-state index contributed by atoms with van der Waals surface area (Å²) in [7, 11) is 1.83. The average Bonchev–Trinajstić information content (AvgIpc) is 3.43. The predicted octanol–water partition coefficient (Wildman–Crippen LogP) is 4.10. The SMILES string of the molecule is CCC(CCNC(=NC)NCC(c1cccs1)N1CCC(C)CC1)N1CCCC1=O.I. The normalized spacial score (nSPS) is 20.4. The third-order valence-electron chi connectivity index (χ3n) is 6.61. The van der Waals surface area contributed by atoms with Crippen molar-refractivity contribution in [1.29, 1.82) is 0 Å². The lowest BCUT2D eigenvalue weighted by molar-refractivity contribution is -0.129. The molecule has 1 amide bonds. The van der Waals surface area contributed by atoms with E-state index in [0.29, 0.717) is 24.4 Å². The molecule has 0 aliphatic carbocycles. The molecule has 2 atom stereocenters. The van der Waals surface area contributed by atoms with E-state index in [1.54, 1.807) is 0 Å². The molecule has 0 spiro atoms. The van der Waals surface area contributed by atoms with Gasteiger partial charge < -0.3 is 15.5 Å². The molecule has 0 saturated carbocycles. The van der Waals surface area contributed by atoms with Crippen LogP contribution in [0.4, 0.5) is 0 Å². The number of carbonyl (C=O) groups excluding carboxylic acids is 1. The second-order valence-corrected chi connectivity index (χ2v) is 9.65. The van der Waals surface area contributed by atoms with Gasteiger partial charge in [0.2, 0.25) is 5.91 Å². The molecular weight excluding hydrogens is 521 g/mol. The highest BCUT2D eigenvalue weighted by Gasteiger charge is 2.27. The summed E-state index contributed by atoms with van der Waals surface area (Å²) in [6.07, 6.45) is 6.25. The number of piperidine rings is 1. The number of halogens is 1. The number of nitrogens with zero attached hydrogens (tertiary/aromatic N) is 3. The van der Waals surface area contributed by atoms with Crippen molar-refractivity contribution in [3.8, 4) is 0 Å². The number of hydrogen-bond donors (Lipinski definition) is 2. The molecule has 0 bridgehead atoms. The van der Waals surface area contributed by atoms with Gasteiger partial charge in [-0.05, 0) is 62.6 Å². The molecule has 8 heteroatoms. The smallest absolute Gasteiger partial charge is 0.222 e. The number of rotatable bonds is 9. The maximum Gasteiger partial charge on any atom is 0.222 e. The average molecular weight is 562 g/mol. The fraction of sp³-hybridized carbons (Fsp3) is 0.739. The van der Waals surface area contributed by atoms with Crippen LogP contribution < -0.4 is 10.6 Å². The van der Waals surface area contributed by atoms with Crippen LogP contribution in [0.5, 0.6) is 0 Å². The van der Waals surface area contributed by atoms with E-state index >= 15 is 0 Å². The van der Waals surface area contributed by atoms with E-state index in [1.165, 1.54) is 30.8 Å². The van der Waals surface area contributed by atoms with Crippen molar-refractivity contribution in [1.82, 2.24) is 20.4 Å². The second-order valence-electron chi connectivity index (χ2n) is 8.67. The molecule has 0 aromatic carbocycles. The van der Waals surface area contributed by atoms with Crippen LogP contribution in [0.3, 0.4) is 0 Å². The Hall–Kier alpha value is -0.870. The predicted molar refractivity (Wildman–Crippen MR) is 141 cm³/mol. The van der Waals surface area contributed by atoms with E-state index in [0.717, 1.165) is 50.8 Å². The van der Waals surface area contributed by atoms with Crippen LogP contribution in [0.15, 0.2) is 22.5 Å². The Balaban J connectivity index is 0.00000341. The first kappa shape index (κ1) is 26.4. The van der Waals surface area contributed by atoms with Crippen LogP contribution in [0, 0.1) is 5.92 Å². The third-order valence-corrected chi connectivity index (χ3v) is 7.58. The Morgan fingerprint density at radius 1 is 1.29 bits per heavy atom. The Morgan fingerprint density at radius 2 is 2.06 bits per heavy atom. The lowest BCUT2D eigenvalue weighted by Gasteiger charge is -2.36. The number of nitrogens with one attached hydrogen (secondary N) is 2. The summed E-state index contributed by atoms with van der Waals surface area (Å²) >= 11 is 1.84. The van der Waals surface area contributed by atoms with Crippen molar-refractivity contribution in [3.05, 3.63) is 22.4 Å². The molecule has 0 radical (unpaired) electrons. The number of carbonyl (C=O) groups is 1. The van der Waals surface area contributed by atoms with Crippen LogP contribution in [-0.4, -0.2) is 67.5 Å². The largest absolute Gasteiger partial charge is 0.356 e. The minimum absolute atomic E-state index is 0. The van der Waals surface area contributed by atoms with Gasteiger partial charge in [-0.3, -0.25) is 14.7 Å². The van der Waals surface area contributed by atoms with E-state index in [1.807, 2.05) is 18.4 Å². The topological polar surface area (TPSA) is 60.0 Å². The highest BCUT2D eigenvalue weighted by Crippen LogP contribution is 2.29. The number of hydrogen-bond acceptors (Lipinski definition) is 4. The van der Waals surface area contributed by atoms with Gasteiger partial charge in [0.05, 0.1) is 6.04 Å².